The van der Waals surface area contributed by atoms with Crippen molar-refractivity contribution in [3.05, 3.63) is 12.2 Å². The van der Waals surface area contributed by atoms with Crippen molar-refractivity contribution in [1.82, 2.24) is 9.80 Å². The largest absolute Gasteiger partial charge is 0.340 e. The maximum Gasteiger partial charge on any atom is 0.226 e. The number of hydrogen-bond acceptors (Lipinski definition) is 4. The van der Waals surface area contributed by atoms with Crippen molar-refractivity contribution in [2.75, 3.05) is 44.7 Å². The zero-order chi connectivity index (χ0) is 14.6. The highest BCUT2D eigenvalue weighted by molar-refractivity contribution is 7.90. The molecule has 0 saturated carbocycles. The fraction of sp³-hybridized carbons (Fsp3) is 0.786. The Morgan fingerprint density at radius 2 is 1.90 bits per heavy atom. The molecule has 6 heteroatoms. The second kappa shape index (κ2) is 6.72. The monoisotopic (exact) mass is 300 g/mol. The molecule has 0 bridgehead atoms. The standard InChI is InChI=1S/C14H24N2O3S/c1-20(18,19)12-11-15-7-9-16(10-8-15)14(17)13-5-3-2-4-6-13/h2-3,13H,4-12H2,1H3/t13-/m0/s1. The number of rotatable bonds is 4. The lowest BCUT2D eigenvalue weighted by Crippen LogP contribution is -2.51. The molecule has 0 unspecified atom stereocenters. The van der Waals surface area contributed by atoms with Gasteiger partial charge < -0.3 is 4.90 Å². The van der Waals surface area contributed by atoms with Crippen molar-refractivity contribution < 1.29 is 13.2 Å². The third kappa shape index (κ3) is 4.59. The number of carbonyl (C=O) groups is 1. The van der Waals surface area contributed by atoms with Crippen LogP contribution in [0.15, 0.2) is 12.2 Å². The molecule has 1 amide bonds. The molecule has 2 aliphatic rings. The SMILES string of the molecule is CS(=O)(=O)CCN1CCN(C(=O)[C@H]2CC=CCC2)CC1. The normalized spacial score (nSPS) is 24.9. The Kier molecular flexibility index (Phi) is 5.21. The van der Waals surface area contributed by atoms with Crippen LogP contribution in [0.4, 0.5) is 0 Å². The van der Waals surface area contributed by atoms with Crippen LogP contribution in [0.2, 0.25) is 0 Å². The molecule has 1 atom stereocenters. The molecule has 1 aliphatic heterocycles. The summed E-state index contributed by atoms with van der Waals surface area (Å²) < 4.78 is 22.3. The van der Waals surface area contributed by atoms with E-state index in [2.05, 4.69) is 17.1 Å². The first-order valence-electron chi connectivity index (χ1n) is 7.29. The van der Waals surface area contributed by atoms with Crippen molar-refractivity contribution in [3.63, 3.8) is 0 Å². The van der Waals surface area contributed by atoms with E-state index >= 15 is 0 Å². The zero-order valence-corrected chi connectivity index (χ0v) is 12.9. The molecule has 1 heterocycles. The van der Waals surface area contributed by atoms with E-state index in [9.17, 15) is 13.2 Å². The molecule has 1 aliphatic carbocycles. The third-order valence-electron chi connectivity index (χ3n) is 4.08. The van der Waals surface area contributed by atoms with Crippen molar-refractivity contribution in [1.29, 1.82) is 0 Å². The first-order valence-corrected chi connectivity index (χ1v) is 9.35. The molecule has 0 aromatic rings. The van der Waals surface area contributed by atoms with Gasteiger partial charge in [-0.25, -0.2) is 8.42 Å². The van der Waals surface area contributed by atoms with Crippen LogP contribution in [0.3, 0.4) is 0 Å². The lowest BCUT2D eigenvalue weighted by Gasteiger charge is -2.36. The predicted octanol–water partition coefficient (Wildman–Crippen LogP) is 0.532. The average molecular weight is 300 g/mol. The minimum absolute atomic E-state index is 0.155. The molecule has 5 nitrogen and oxygen atoms in total. The lowest BCUT2D eigenvalue weighted by atomic mass is 9.93. The van der Waals surface area contributed by atoms with Crippen LogP contribution < -0.4 is 0 Å². The summed E-state index contributed by atoms with van der Waals surface area (Å²) in [4.78, 5) is 16.4. The van der Waals surface area contributed by atoms with E-state index in [4.69, 9.17) is 0 Å². The van der Waals surface area contributed by atoms with Gasteiger partial charge in [-0.2, -0.15) is 0 Å². The summed E-state index contributed by atoms with van der Waals surface area (Å²) in [6.45, 7) is 3.59. The van der Waals surface area contributed by atoms with Crippen molar-refractivity contribution in [2.45, 2.75) is 19.3 Å². The molecule has 114 valence electrons. The molecule has 20 heavy (non-hydrogen) atoms. The van der Waals surface area contributed by atoms with Gasteiger partial charge in [0.25, 0.3) is 0 Å². The molecule has 0 aromatic heterocycles. The first-order chi connectivity index (χ1) is 9.46. The Bertz CT molecular complexity index is 465. The highest BCUT2D eigenvalue weighted by atomic mass is 32.2. The number of allylic oxidation sites excluding steroid dienone is 2. The maximum atomic E-state index is 12.4. The van der Waals surface area contributed by atoms with Crippen LogP contribution in [0.1, 0.15) is 19.3 Å². The summed E-state index contributed by atoms with van der Waals surface area (Å²) in [5.74, 6) is 0.633. The summed E-state index contributed by atoms with van der Waals surface area (Å²) in [5.41, 5.74) is 0. The second-order valence-corrected chi connectivity index (χ2v) is 8.04. The number of amides is 1. The van der Waals surface area contributed by atoms with E-state index in [0.717, 1.165) is 45.4 Å². The van der Waals surface area contributed by atoms with Crippen LogP contribution in [-0.4, -0.2) is 68.9 Å². The summed E-state index contributed by atoms with van der Waals surface area (Å²) in [5, 5.41) is 0. The smallest absolute Gasteiger partial charge is 0.226 e. The van der Waals surface area contributed by atoms with E-state index in [-0.39, 0.29) is 17.6 Å². The van der Waals surface area contributed by atoms with Gasteiger partial charge in [0.15, 0.2) is 0 Å². The average Bonchev–Trinajstić information content (AvgIpc) is 2.45. The molecule has 0 aromatic carbocycles. The van der Waals surface area contributed by atoms with Crippen molar-refractivity contribution in [3.8, 4) is 0 Å². The van der Waals surface area contributed by atoms with Gasteiger partial charge in [-0.05, 0) is 19.3 Å². The van der Waals surface area contributed by atoms with E-state index in [0.29, 0.717) is 6.54 Å². The van der Waals surface area contributed by atoms with Gasteiger partial charge in [0.05, 0.1) is 5.75 Å². The number of sulfone groups is 1. The van der Waals surface area contributed by atoms with E-state index < -0.39 is 9.84 Å². The highest BCUT2D eigenvalue weighted by Gasteiger charge is 2.27. The fourth-order valence-electron chi connectivity index (χ4n) is 2.76. The summed E-state index contributed by atoms with van der Waals surface area (Å²) in [7, 11) is -2.90. The molecule has 0 radical (unpaired) electrons. The molecule has 1 saturated heterocycles. The Labute approximate surface area is 121 Å². The molecular formula is C14H24N2O3S. The van der Waals surface area contributed by atoms with Gasteiger partial charge in [0, 0.05) is 44.9 Å². The number of hydrogen-bond donors (Lipinski definition) is 0. The van der Waals surface area contributed by atoms with Gasteiger partial charge in [-0.15, -0.1) is 0 Å². The Hall–Kier alpha value is -0.880. The van der Waals surface area contributed by atoms with Crippen LogP contribution in [0, 0.1) is 5.92 Å². The lowest BCUT2D eigenvalue weighted by molar-refractivity contribution is -0.137. The first kappa shape index (κ1) is 15.5. The number of nitrogens with zero attached hydrogens (tertiary/aromatic N) is 2. The van der Waals surface area contributed by atoms with Gasteiger partial charge >= 0.3 is 0 Å². The van der Waals surface area contributed by atoms with Gasteiger partial charge in [0.1, 0.15) is 9.84 Å². The molecular weight excluding hydrogens is 276 g/mol. The van der Waals surface area contributed by atoms with Crippen LogP contribution >= 0.6 is 0 Å². The highest BCUT2D eigenvalue weighted by Crippen LogP contribution is 2.21. The third-order valence-corrected chi connectivity index (χ3v) is 5.00. The van der Waals surface area contributed by atoms with Crippen molar-refractivity contribution in [2.24, 2.45) is 5.92 Å². The molecule has 0 spiro atoms. The second-order valence-electron chi connectivity index (χ2n) is 5.78. The molecule has 2 rings (SSSR count). The predicted molar refractivity (Wildman–Crippen MR) is 79.2 cm³/mol. The zero-order valence-electron chi connectivity index (χ0n) is 12.1. The quantitative estimate of drug-likeness (QED) is 0.711. The molecule has 0 N–H and O–H groups in total. The summed E-state index contributed by atoms with van der Waals surface area (Å²) >= 11 is 0. The van der Waals surface area contributed by atoms with Gasteiger partial charge in [0.2, 0.25) is 5.91 Å². The van der Waals surface area contributed by atoms with Gasteiger partial charge in [-0.3, -0.25) is 9.69 Å². The van der Waals surface area contributed by atoms with E-state index in [1.165, 1.54) is 6.26 Å². The van der Waals surface area contributed by atoms with Crippen LogP contribution in [0.25, 0.3) is 0 Å². The Morgan fingerprint density at radius 1 is 1.20 bits per heavy atom. The van der Waals surface area contributed by atoms with E-state index in [1.807, 2.05) is 4.90 Å². The Morgan fingerprint density at radius 3 is 2.45 bits per heavy atom. The van der Waals surface area contributed by atoms with Crippen LogP contribution in [-0.2, 0) is 14.6 Å². The molecule has 1 fully saturated rings. The minimum atomic E-state index is -2.90. The van der Waals surface area contributed by atoms with Crippen LogP contribution in [0.5, 0.6) is 0 Å². The summed E-state index contributed by atoms with van der Waals surface area (Å²) in [6, 6.07) is 0. The Balaban J connectivity index is 1.76. The topological polar surface area (TPSA) is 57.7 Å². The minimum Gasteiger partial charge on any atom is -0.340 e. The van der Waals surface area contributed by atoms with Crippen molar-refractivity contribution >= 4 is 15.7 Å². The number of carbonyl (C=O) groups excluding carboxylic acids is 1. The summed E-state index contributed by atoms with van der Waals surface area (Å²) in [6.07, 6.45) is 8.35. The maximum absolute atomic E-state index is 12.4. The fourth-order valence-corrected chi connectivity index (χ4v) is 3.35. The van der Waals surface area contributed by atoms with E-state index in [1.54, 1.807) is 0 Å². The number of piperazine rings is 1. The van der Waals surface area contributed by atoms with Gasteiger partial charge in [-0.1, -0.05) is 12.2 Å².